The number of benzene rings is 1. The fraction of sp³-hybridized carbons (Fsp3) is 0.231. The van der Waals surface area contributed by atoms with Crippen molar-refractivity contribution >= 4 is 28.9 Å². The Morgan fingerprint density at radius 1 is 1.53 bits per heavy atom. The minimum atomic E-state index is -0.990. The first kappa shape index (κ1) is 14.0. The summed E-state index contributed by atoms with van der Waals surface area (Å²) in [5.74, 6) is -0.990. The van der Waals surface area contributed by atoms with Crippen LogP contribution in [0.3, 0.4) is 0 Å². The third-order valence-electron chi connectivity index (χ3n) is 2.70. The first-order valence-electron chi connectivity index (χ1n) is 5.73. The number of aromatic carboxylic acids is 1. The van der Waals surface area contributed by atoms with Crippen LogP contribution >= 0.6 is 22.9 Å². The topological polar surface area (TPSA) is 62.2 Å². The van der Waals surface area contributed by atoms with Crippen molar-refractivity contribution in [3.63, 3.8) is 0 Å². The van der Waals surface area contributed by atoms with E-state index in [2.05, 4.69) is 10.3 Å². The van der Waals surface area contributed by atoms with E-state index in [4.69, 9.17) is 16.7 Å². The average molecular weight is 297 g/mol. The highest BCUT2D eigenvalue weighted by atomic mass is 35.5. The number of hydrogen-bond donors (Lipinski definition) is 2. The summed E-state index contributed by atoms with van der Waals surface area (Å²) in [4.78, 5) is 14.7. The fourth-order valence-electron chi connectivity index (χ4n) is 1.68. The first-order valence-corrected chi connectivity index (χ1v) is 6.99. The van der Waals surface area contributed by atoms with Crippen LogP contribution in [0.5, 0.6) is 0 Å². The molecule has 0 saturated heterocycles. The van der Waals surface area contributed by atoms with Gasteiger partial charge in [-0.3, -0.25) is 0 Å². The molecule has 1 aromatic carbocycles. The molecule has 0 radical (unpaired) electrons. The summed E-state index contributed by atoms with van der Waals surface area (Å²) in [7, 11) is 0. The Morgan fingerprint density at radius 2 is 2.26 bits per heavy atom. The van der Waals surface area contributed by atoms with Crippen molar-refractivity contribution in [1.29, 1.82) is 0 Å². The van der Waals surface area contributed by atoms with Crippen molar-refractivity contribution in [2.45, 2.75) is 19.5 Å². The number of carbonyl (C=O) groups is 1. The van der Waals surface area contributed by atoms with E-state index in [1.165, 1.54) is 0 Å². The highest BCUT2D eigenvalue weighted by Gasteiger charge is 2.11. The fourth-order valence-corrected chi connectivity index (χ4v) is 2.63. The molecule has 0 amide bonds. The highest BCUT2D eigenvalue weighted by Crippen LogP contribution is 2.22. The van der Waals surface area contributed by atoms with E-state index in [0.29, 0.717) is 11.6 Å². The van der Waals surface area contributed by atoms with Gasteiger partial charge >= 0.3 is 5.97 Å². The van der Waals surface area contributed by atoms with Gasteiger partial charge in [-0.1, -0.05) is 29.8 Å². The van der Waals surface area contributed by atoms with E-state index in [-0.39, 0.29) is 11.0 Å². The molecule has 0 spiro atoms. The van der Waals surface area contributed by atoms with E-state index in [1.54, 1.807) is 5.38 Å². The number of carboxylic acids is 1. The molecule has 100 valence electrons. The first-order chi connectivity index (χ1) is 9.08. The zero-order chi connectivity index (χ0) is 13.8. The molecule has 1 aromatic heterocycles. The Kier molecular flexibility index (Phi) is 4.52. The second-order valence-electron chi connectivity index (χ2n) is 4.07. The van der Waals surface area contributed by atoms with E-state index in [0.717, 1.165) is 22.6 Å². The molecule has 0 saturated carbocycles. The quantitative estimate of drug-likeness (QED) is 0.888. The molecule has 0 bridgehead atoms. The second-order valence-corrected chi connectivity index (χ2v) is 5.34. The molecular formula is C13H13ClN2O2S. The summed E-state index contributed by atoms with van der Waals surface area (Å²) in [6, 6.07) is 7.70. The van der Waals surface area contributed by atoms with Crippen LogP contribution < -0.4 is 5.32 Å². The maximum atomic E-state index is 10.7. The summed E-state index contributed by atoms with van der Waals surface area (Å²) in [6.07, 6.45) is 0. The van der Waals surface area contributed by atoms with Gasteiger partial charge in [0, 0.05) is 23.0 Å². The zero-order valence-corrected chi connectivity index (χ0v) is 11.8. The molecule has 0 aliphatic rings. The van der Waals surface area contributed by atoms with E-state index in [1.807, 2.05) is 31.2 Å². The maximum Gasteiger partial charge on any atom is 0.365 e. The minimum absolute atomic E-state index is 0.0729. The van der Waals surface area contributed by atoms with Gasteiger partial charge in [-0.2, -0.15) is 0 Å². The summed E-state index contributed by atoms with van der Waals surface area (Å²) in [5, 5.41) is 14.6. The van der Waals surface area contributed by atoms with Crippen molar-refractivity contribution < 1.29 is 9.90 Å². The molecule has 1 atom stereocenters. The summed E-state index contributed by atoms with van der Waals surface area (Å²) in [5.41, 5.74) is 1.74. The highest BCUT2D eigenvalue weighted by molar-refractivity contribution is 7.11. The van der Waals surface area contributed by atoms with Crippen LogP contribution in [0, 0.1) is 0 Å². The lowest BCUT2D eigenvalue weighted by Crippen LogP contribution is -2.18. The van der Waals surface area contributed by atoms with Gasteiger partial charge in [-0.15, -0.1) is 11.3 Å². The van der Waals surface area contributed by atoms with Crippen LogP contribution in [-0.4, -0.2) is 16.1 Å². The minimum Gasteiger partial charge on any atom is -0.476 e. The molecule has 0 aliphatic heterocycles. The molecular weight excluding hydrogens is 284 g/mol. The van der Waals surface area contributed by atoms with Gasteiger partial charge in [-0.25, -0.2) is 9.78 Å². The van der Waals surface area contributed by atoms with Gasteiger partial charge in [0.2, 0.25) is 5.01 Å². The lowest BCUT2D eigenvalue weighted by molar-refractivity contribution is 0.0696. The molecule has 1 heterocycles. The Labute approximate surface area is 120 Å². The zero-order valence-electron chi connectivity index (χ0n) is 10.3. The van der Waals surface area contributed by atoms with Crippen LogP contribution in [0.25, 0.3) is 0 Å². The van der Waals surface area contributed by atoms with Gasteiger partial charge in [0.05, 0.1) is 5.69 Å². The number of nitrogens with one attached hydrogen (secondary N) is 1. The normalized spacial score (nSPS) is 12.3. The molecule has 19 heavy (non-hydrogen) atoms. The Balaban J connectivity index is 1.98. The standard InChI is InChI=1S/C13H13ClN2O2S/c1-8(10-4-2-3-5-11(10)14)15-6-9-7-19-12(16-9)13(17)18/h2-5,7-8,15H,6H2,1H3,(H,17,18). The predicted octanol–water partition coefficient (Wildman–Crippen LogP) is 3.35. The van der Waals surface area contributed by atoms with E-state index < -0.39 is 5.97 Å². The van der Waals surface area contributed by atoms with E-state index in [9.17, 15) is 4.79 Å². The van der Waals surface area contributed by atoms with Gasteiger partial charge < -0.3 is 10.4 Å². The predicted molar refractivity (Wildman–Crippen MR) is 75.8 cm³/mol. The smallest absolute Gasteiger partial charge is 0.365 e. The number of thiazole rings is 1. The van der Waals surface area contributed by atoms with Crippen LogP contribution in [0.2, 0.25) is 5.02 Å². The Hall–Kier alpha value is -1.43. The molecule has 1 unspecified atom stereocenters. The molecule has 0 fully saturated rings. The van der Waals surface area contributed by atoms with Crippen molar-refractivity contribution in [2.75, 3.05) is 0 Å². The number of halogens is 1. The number of carboxylic acid groups (broad SMARTS) is 1. The van der Waals surface area contributed by atoms with Gasteiger partial charge in [0.25, 0.3) is 0 Å². The molecule has 2 aromatic rings. The van der Waals surface area contributed by atoms with Crippen molar-refractivity contribution in [2.24, 2.45) is 0 Å². The SMILES string of the molecule is CC(NCc1csc(C(=O)O)n1)c1ccccc1Cl. The number of nitrogens with zero attached hydrogens (tertiary/aromatic N) is 1. The average Bonchev–Trinajstić information content (AvgIpc) is 2.85. The van der Waals surface area contributed by atoms with E-state index >= 15 is 0 Å². The Bertz CT molecular complexity index is 586. The summed E-state index contributed by atoms with van der Waals surface area (Å²) >= 11 is 7.25. The van der Waals surface area contributed by atoms with Crippen LogP contribution in [0.4, 0.5) is 0 Å². The van der Waals surface area contributed by atoms with Crippen LogP contribution in [0.15, 0.2) is 29.6 Å². The van der Waals surface area contributed by atoms with Crippen molar-refractivity contribution in [1.82, 2.24) is 10.3 Å². The monoisotopic (exact) mass is 296 g/mol. The molecule has 2 N–H and O–H groups in total. The van der Waals surface area contributed by atoms with Gasteiger partial charge in [0.15, 0.2) is 0 Å². The summed E-state index contributed by atoms with van der Waals surface area (Å²) in [6.45, 7) is 2.52. The van der Waals surface area contributed by atoms with Crippen molar-refractivity contribution in [3.05, 3.63) is 50.9 Å². The molecule has 0 aliphatic carbocycles. The third kappa shape index (κ3) is 3.53. The molecule has 4 nitrogen and oxygen atoms in total. The number of hydrogen-bond acceptors (Lipinski definition) is 4. The maximum absolute atomic E-state index is 10.7. The largest absolute Gasteiger partial charge is 0.476 e. The lowest BCUT2D eigenvalue weighted by Gasteiger charge is -2.14. The number of aromatic nitrogens is 1. The third-order valence-corrected chi connectivity index (χ3v) is 3.92. The second kappa shape index (κ2) is 6.14. The molecule has 2 rings (SSSR count). The lowest BCUT2D eigenvalue weighted by atomic mass is 10.1. The van der Waals surface area contributed by atoms with Crippen LogP contribution in [0.1, 0.15) is 34.0 Å². The summed E-state index contributed by atoms with van der Waals surface area (Å²) < 4.78 is 0. The number of rotatable bonds is 5. The van der Waals surface area contributed by atoms with Crippen LogP contribution in [-0.2, 0) is 6.54 Å². The molecule has 6 heteroatoms. The Morgan fingerprint density at radius 3 is 2.89 bits per heavy atom. The van der Waals surface area contributed by atoms with Gasteiger partial charge in [0.1, 0.15) is 0 Å². The van der Waals surface area contributed by atoms with Crippen molar-refractivity contribution in [3.8, 4) is 0 Å². The van der Waals surface area contributed by atoms with Gasteiger partial charge in [-0.05, 0) is 18.6 Å².